The molecule has 20 heavy (non-hydrogen) atoms. The van der Waals surface area contributed by atoms with Crippen LogP contribution in [0.15, 0.2) is 12.4 Å². The van der Waals surface area contributed by atoms with Crippen LogP contribution in [0.3, 0.4) is 0 Å². The van der Waals surface area contributed by atoms with E-state index in [1.165, 1.54) is 0 Å². The summed E-state index contributed by atoms with van der Waals surface area (Å²) in [4.78, 5) is 14.3. The van der Waals surface area contributed by atoms with Gasteiger partial charge in [0.1, 0.15) is 0 Å². The molecule has 0 aliphatic rings. The van der Waals surface area contributed by atoms with Gasteiger partial charge in [-0.25, -0.2) is 0 Å². The molecule has 114 valence electrons. The molecule has 0 aromatic carbocycles. The molecule has 5 heteroatoms. The second-order valence-electron chi connectivity index (χ2n) is 5.53. The molecular formula is C15H28N4O. The molecule has 0 spiro atoms. The van der Waals surface area contributed by atoms with Crippen molar-refractivity contribution in [3.05, 3.63) is 12.4 Å². The van der Waals surface area contributed by atoms with Gasteiger partial charge in [0.15, 0.2) is 0 Å². The van der Waals surface area contributed by atoms with E-state index in [0.717, 1.165) is 44.5 Å². The summed E-state index contributed by atoms with van der Waals surface area (Å²) < 4.78 is 1.86. The summed E-state index contributed by atoms with van der Waals surface area (Å²) in [6, 6.07) is 0. The number of hydrogen-bond acceptors (Lipinski definition) is 3. The van der Waals surface area contributed by atoms with Crippen molar-refractivity contribution in [2.24, 2.45) is 5.92 Å². The van der Waals surface area contributed by atoms with Crippen LogP contribution in [0.4, 0.5) is 5.69 Å². The van der Waals surface area contributed by atoms with Crippen LogP contribution in [0.1, 0.15) is 39.5 Å². The number of nitrogens with zero attached hydrogens (tertiary/aromatic N) is 3. The number of hydrogen-bond donors (Lipinski definition) is 1. The average molecular weight is 280 g/mol. The summed E-state index contributed by atoms with van der Waals surface area (Å²) in [5, 5.41) is 7.24. The lowest BCUT2D eigenvalue weighted by molar-refractivity contribution is -0.120. The molecule has 1 aromatic heterocycles. The van der Waals surface area contributed by atoms with Gasteiger partial charge in [-0.05, 0) is 26.9 Å². The Kier molecular flexibility index (Phi) is 7.30. The quantitative estimate of drug-likeness (QED) is 0.756. The van der Waals surface area contributed by atoms with Gasteiger partial charge in [-0.2, -0.15) is 5.10 Å². The van der Waals surface area contributed by atoms with E-state index in [1.807, 2.05) is 25.0 Å². The number of carbonyl (C=O) groups is 1. The van der Waals surface area contributed by atoms with Crippen molar-refractivity contribution in [3.8, 4) is 0 Å². The van der Waals surface area contributed by atoms with Crippen LogP contribution in [0.2, 0.25) is 0 Å². The third-order valence-electron chi connectivity index (χ3n) is 3.45. The fourth-order valence-corrected chi connectivity index (χ4v) is 2.07. The third-order valence-corrected chi connectivity index (χ3v) is 3.45. The molecule has 0 radical (unpaired) electrons. The van der Waals surface area contributed by atoms with Gasteiger partial charge in [0.2, 0.25) is 5.91 Å². The van der Waals surface area contributed by atoms with Crippen LogP contribution < -0.4 is 5.32 Å². The molecule has 5 nitrogen and oxygen atoms in total. The van der Waals surface area contributed by atoms with Gasteiger partial charge in [0, 0.05) is 18.7 Å². The Hall–Kier alpha value is -1.36. The Bertz CT molecular complexity index is 400. The van der Waals surface area contributed by atoms with Gasteiger partial charge in [-0.1, -0.05) is 26.7 Å². The van der Waals surface area contributed by atoms with E-state index >= 15 is 0 Å². The molecule has 1 unspecified atom stereocenters. The lowest BCUT2D eigenvalue weighted by Gasteiger charge is -2.13. The Balaban J connectivity index is 2.48. The number of carbonyl (C=O) groups excluding carboxylic acids is 1. The number of anilines is 1. The number of nitrogens with one attached hydrogen (secondary N) is 1. The smallest absolute Gasteiger partial charge is 0.227 e. The predicted octanol–water partition coefficient (Wildman–Crippen LogP) is 2.60. The minimum Gasteiger partial charge on any atom is -0.323 e. The summed E-state index contributed by atoms with van der Waals surface area (Å²) in [5.41, 5.74) is 0.795. The summed E-state index contributed by atoms with van der Waals surface area (Å²) in [5.74, 6) is 0.230. The highest BCUT2D eigenvalue weighted by Crippen LogP contribution is 2.15. The van der Waals surface area contributed by atoms with Gasteiger partial charge >= 0.3 is 0 Å². The monoisotopic (exact) mass is 280 g/mol. The predicted molar refractivity (Wildman–Crippen MR) is 82.7 cm³/mol. The van der Waals surface area contributed by atoms with Crippen molar-refractivity contribution in [1.82, 2.24) is 14.7 Å². The third kappa shape index (κ3) is 5.74. The molecule has 1 heterocycles. The average Bonchev–Trinajstić information content (AvgIpc) is 2.85. The van der Waals surface area contributed by atoms with Gasteiger partial charge < -0.3 is 10.2 Å². The second kappa shape index (κ2) is 8.74. The zero-order chi connectivity index (χ0) is 15.0. The zero-order valence-corrected chi connectivity index (χ0v) is 13.2. The zero-order valence-electron chi connectivity index (χ0n) is 13.2. The second-order valence-corrected chi connectivity index (χ2v) is 5.53. The normalized spacial score (nSPS) is 12.7. The SMILES string of the molecule is CCCCC(CC)C(=O)Nc1cnn(CCN(C)C)c1. The lowest BCUT2D eigenvalue weighted by Crippen LogP contribution is -2.22. The molecule has 1 amide bonds. The van der Waals surface area contributed by atoms with Gasteiger partial charge in [-0.15, -0.1) is 0 Å². The maximum absolute atomic E-state index is 12.2. The fraction of sp³-hybridized carbons (Fsp3) is 0.733. The van der Waals surface area contributed by atoms with Crippen molar-refractivity contribution in [2.45, 2.75) is 46.1 Å². The minimum atomic E-state index is 0.111. The van der Waals surface area contributed by atoms with Crippen LogP contribution in [0.5, 0.6) is 0 Å². The maximum atomic E-state index is 12.2. The minimum absolute atomic E-state index is 0.111. The molecule has 0 saturated heterocycles. The Morgan fingerprint density at radius 3 is 2.80 bits per heavy atom. The first kappa shape index (κ1) is 16.7. The van der Waals surface area contributed by atoms with E-state index in [-0.39, 0.29) is 11.8 Å². The first-order valence-corrected chi connectivity index (χ1v) is 7.54. The lowest BCUT2D eigenvalue weighted by atomic mass is 9.98. The van der Waals surface area contributed by atoms with E-state index < -0.39 is 0 Å². The maximum Gasteiger partial charge on any atom is 0.227 e. The van der Waals surface area contributed by atoms with Gasteiger partial charge in [0.05, 0.1) is 18.4 Å². The topological polar surface area (TPSA) is 50.2 Å². The first-order valence-electron chi connectivity index (χ1n) is 7.54. The number of likely N-dealkylation sites (N-methyl/N-ethyl adjacent to an activating group) is 1. The van der Waals surface area contributed by atoms with Crippen LogP contribution in [-0.2, 0) is 11.3 Å². The van der Waals surface area contributed by atoms with Gasteiger partial charge in [0.25, 0.3) is 0 Å². The van der Waals surface area contributed by atoms with E-state index in [4.69, 9.17) is 0 Å². The van der Waals surface area contributed by atoms with Gasteiger partial charge in [-0.3, -0.25) is 9.48 Å². The van der Waals surface area contributed by atoms with Crippen molar-refractivity contribution in [2.75, 3.05) is 26.0 Å². The van der Waals surface area contributed by atoms with Crippen LogP contribution in [0, 0.1) is 5.92 Å². The Morgan fingerprint density at radius 1 is 1.45 bits per heavy atom. The molecule has 0 aliphatic carbocycles. The summed E-state index contributed by atoms with van der Waals surface area (Å²) in [6.45, 7) is 5.99. The van der Waals surface area contributed by atoms with E-state index in [9.17, 15) is 4.79 Å². The highest BCUT2D eigenvalue weighted by Gasteiger charge is 2.16. The van der Waals surface area contributed by atoms with Crippen LogP contribution in [-0.4, -0.2) is 41.2 Å². The molecular weight excluding hydrogens is 252 g/mol. The highest BCUT2D eigenvalue weighted by molar-refractivity contribution is 5.92. The largest absolute Gasteiger partial charge is 0.323 e. The highest BCUT2D eigenvalue weighted by atomic mass is 16.1. The summed E-state index contributed by atoms with van der Waals surface area (Å²) in [7, 11) is 4.07. The number of rotatable bonds is 9. The van der Waals surface area contributed by atoms with E-state index in [2.05, 4.69) is 29.2 Å². The Labute approximate surface area is 122 Å². The standard InChI is InChI=1S/C15H28N4O/c1-5-7-8-13(6-2)15(20)17-14-11-16-19(12-14)10-9-18(3)4/h11-13H,5-10H2,1-4H3,(H,17,20). The molecule has 0 aliphatic heterocycles. The molecule has 1 atom stereocenters. The van der Waals surface area contributed by atoms with Crippen molar-refractivity contribution in [1.29, 1.82) is 0 Å². The molecule has 1 aromatic rings. The van der Waals surface area contributed by atoms with Crippen LogP contribution in [0.25, 0.3) is 0 Å². The van der Waals surface area contributed by atoms with E-state index in [0.29, 0.717) is 0 Å². The number of aromatic nitrogens is 2. The summed E-state index contributed by atoms with van der Waals surface area (Å²) in [6.07, 6.45) is 7.71. The van der Waals surface area contributed by atoms with Crippen LogP contribution >= 0.6 is 0 Å². The molecule has 0 saturated carbocycles. The summed E-state index contributed by atoms with van der Waals surface area (Å²) >= 11 is 0. The number of amides is 1. The molecule has 0 bridgehead atoms. The molecule has 1 rings (SSSR count). The van der Waals surface area contributed by atoms with E-state index in [1.54, 1.807) is 6.20 Å². The van der Waals surface area contributed by atoms with Crippen molar-refractivity contribution in [3.63, 3.8) is 0 Å². The van der Waals surface area contributed by atoms with Crippen molar-refractivity contribution < 1.29 is 4.79 Å². The first-order chi connectivity index (χ1) is 9.56. The van der Waals surface area contributed by atoms with Crippen molar-refractivity contribution >= 4 is 11.6 Å². The Morgan fingerprint density at radius 2 is 2.20 bits per heavy atom. The number of unbranched alkanes of at least 4 members (excludes halogenated alkanes) is 1. The fourth-order valence-electron chi connectivity index (χ4n) is 2.07. The molecule has 0 fully saturated rings. The molecule has 1 N–H and O–H groups in total.